The third kappa shape index (κ3) is 3.96. The highest BCUT2D eigenvalue weighted by Gasteiger charge is 2.49. The van der Waals surface area contributed by atoms with Crippen molar-refractivity contribution in [2.45, 2.75) is 19.1 Å². The van der Waals surface area contributed by atoms with E-state index in [2.05, 4.69) is 15.2 Å². The molecule has 152 valence electrons. The fourth-order valence-electron chi connectivity index (χ4n) is 2.79. The summed E-state index contributed by atoms with van der Waals surface area (Å²) in [6.07, 6.45) is 1.27. The zero-order valence-electron chi connectivity index (χ0n) is 15.4. The summed E-state index contributed by atoms with van der Waals surface area (Å²) in [5.74, 6) is -0.569. The van der Waals surface area contributed by atoms with E-state index in [9.17, 15) is 23.5 Å². The number of phenolic OH excluding ortho intramolecular Hbond substituents is 1. The summed E-state index contributed by atoms with van der Waals surface area (Å²) in [5.41, 5.74) is -0.562. The Kier molecular flexibility index (Phi) is 5.35. The summed E-state index contributed by atoms with van der Waals surface area (Å²) in [5, 5.41) is 16.8. The van der Waals surface area contributed by atoms with Crippen LogP contribution in [0.3, 0.4) is 0 Å². The Labute approximate surface area is 164 Å². The number of aromatic hydroxyl groups is 1. The van der Waals surface area contributed by atoms with E-state index in [1.54, 1.807) is 0 Å². The van der Waals surface area contributed by atoms with Crippen molar-refractivity contribution in [3.8, 4) is 17.2 Å². The molecule has 29 heavy (non-hydrogen) atoms. The smallest absolute Gasteiger partial charge is 0.387 e. The van der Waals surface area contributed by atoms with Gasteiger partial charge in [-0.2, -0.15) is 13.9 Å². The maximum Gasteiger partial charge on any atom is 0.387 e. The molecule has 2 aromatic rings. The number of hydrogen-bond acceptors (Lipinski definition) is 6. The molecule has 10 heteroatoms. The molecule has 1 aliphatic heterocycles. The topological polar surface area (TPSA) is 100 Å². The average molecular weight is 405 g/mol. The summed E-state index contributed by atoms with van der Waals surface area (Å²) in [6.45, 7) is -1.48. The van der Waals surface area contributed by atoms with E-state index in [0.29, 0.717) is 16.1 Å². The van der Waals surface area contributed by atoms with Crippen LogP contribution in [0.5, 0.6) is 17.2 Å². The Morgan fingerprint density at radius 2 is 1.90 bits per heavy atom. The lowest BCUT2D eigenvalue weighted by Gasteiger charge is -2.21. The number of imide groups is 1. The minimum Gasteiger partial charge on any atom is -0.504 e. The van der Waals surface area contributed by atoms with Gasteiger partial charge in [0.1, 0.15) is 11.3 Å². The third-order valence-electron chi connectivity index (χ3n) is 4.35. The normalized spacial score (nSPS) is 19.1. The lowest BCUT2D eigenvalue weighted by Crippen LogP contribution is -2.40. The molecule has 0 spiro atoms. The Morgan fingerprint density at radius 1 is 1.21 bits per heavy atom. The van der Waals surface area contributed by atoms with Gasteiger partial charge in [0, 0.05) is 0 Å². The molecule has 0 unspecified atom stereocenters. The van der Waals surface area contributed by atoms with Crippen molar-refractivity contribution in [1.29, 1.82) is 0 Å². The zero-order valence-corrected chi connectivity index (χ0v) is 15.4. The van der Waals surface area contributed by atoms with Crippen LogP contribution in [-0.2, 0) is 10.3 Å². The van der Waals surface area contributed by atoms with Crippen molar-refractivity contribution in [3.05, 3.63) is 53.6 Å². The molecule has 0 saturated carbocycles. The van der Waals surface area contributed by atoms with Gasteiger partial charge in [-0.05, 0) is 48.4 Å². The molecule has 0 bridgehead atoms. The Balaban J connectivity index is 1.81. The van der Waals surface area contributed by atoms with E-state index in [-0.39, 0.29) is 17.2 Å². The number of alkyl halides is 2. The number of nitrogens with zero attached hydrogens (tertiary/aromatic N) is 2. The summed E-state index contributed by atoms with van der Waals surface area (Å²) < 4.78 is 33.8. The van der Waals surface area contributed by atoms with Crippen LogP contribution in [0.25, 0.3) is 0 Å². The van der Waals surface area contributed by atoms with Crippen molar-refractivity contribution in [1.82, 2.24) is 10.3 Å². The van der Waals surface area contributed by atoms with Crippen LogP contribution < -0.4 is 14.8 Å². The number of hydrogen-bond donors (Lipinski definition) is 2. The first-order valence-corrected chi connectivity index (χ1v) is 8.37. The number of amides is 3. The molecule has 0 aromatic heterocycles. The Bertz CT molecular complexity index is 965. The second-order valence-corrected chi connectivity index (χ2v) is 6.25. The lowest BCUT2D eigenvalue weighted by atomic mass is 9.92. The van der Waals surface area contributed by atoms with E-state index in [4.69, 9.17) is 4.74 Å². The number of carbonyl (C=O) groups excluding carboxylic acids is 2. The number of urea groups is 1. The predicted molar refractivity (Wildman–Crippen MR) is 98.1 cm³/mol. The third-order valence-corrected chi connectivity index (χ3v) is 4.35. The van der Waals surface area contributed by atoms with Gasteiger partial charge < -0.3 is 19.9 Å². The van der Waals surface area contributed by atoms with Crippen LogP contribution in [0.2, 0.25) is 0 Å². The monoisotopic (exact) mass is 405 g/mol. The van der Waals surface area contributed by atoms with Gasteiger partial charge in [-0.25, -0.2) is 4.79 Å². The SMILES string of the molecule is COc1cc(/C=N/N2C(=O)N[C@](C)(c3ccc(OC(F)F)cc3)C2=O)ccc1O. The number of halogens is 2. The molecule has 3 rings (SSSR count). The standard InChI is InChI=1S/C19H17F2N3O5/c1-19(12-4-6-13(7-5-12)29-17(20)21)16(26)24(18(27)23-19)22-10-11-3-8-14(25)15(9-11)28-2/h3-10,17,25H,1-2H3,(H,23,27)/b22-10+/t19-/m1/s1. The van der Waals surface area contributed by atoms with Crippen molar-refractivity contribution < 1.29 is 33.0 Å². The molecular formula is C19H17F2N3O5. The van der Waals surface area contributed by atoms with Gasteiger partial charge in [0.2, 0.25) is 0 Å². The molecule has 3 amide bonds. The number of carbonyl (C=O) groups is 2. The fraction of sp³-hybridized carbons (Fsp3) is 0.211. The predicted octanol–water partition coefficient (Wildman–Crippen LogP) is 2.80. The molecule has 0 radical (unpaired) electrons. The average Bonchev–Trinajstić information content (AvgIpc) is 2.90. The first-order valence-electron chi connectivity index (χ1n) is 8.37. The van der Waals surface area contributed by atoms with Gasteiger partial charge in [0.05, 0.1) is 13.3 Å². The van der Waals surface area contributed by atoms with E-state index < -0.39 is 24.1 Å². The van der Waals surface area contributed by atoms with E-state index in [1.165, 1.54) is 62.7 Å². The molecule has 1 aliphatic rings. The highest BCUT2D eigenvalue weighted by atomic mass is 19.3. The lowest BCUT2D eigenvalue weighted by molar-refractivity contribution is -0.131. The fourth-order valence-corrected chi connectivity index (χ4v) is 2.79. The zero-order chi connectivity index (χ0) is 21.2. The molecule has 1 saturated heterocycles. The summed E-state index contributed by atoms with van der Waals surface area (Å²) >= 11 is 0. The summed E-state index contributed by atoms with van der Waals surface area (Å²) in [6, 6.07) is 9.04. The van der Waals surface area contributed by atoms with Crippen molar-refractivity contribution >= 4 is 18.2 Å². The minimum atomic E-state index is -2.97. The second-order valence-electron chi connectivity index (χ2n) is 6.25. The number of phenols is 1. The highest BCUT2D eigenvalue weighted by Crippen LogP contribution is 2.31. The van der Waals surface area contributed by atoms with Crippen LogP contribution in [0, 0.1) is 0 Å². The van der Waals surface area contributed by atoms with Gasteiger partial charge in [0.25, 0.3) is 5.91 Å². The number of nitrogens with one attached hydrogen (secondary N) is 1. The van der Waals surface area contributed by atoms with Gasteiger partial charge >= 0.3 is 12.6 Å². The molecule has 1 atom stereocenters. The first kappa shape index (κ1) is 20.1. The maximum absolute atomic E-state index is 12.8. The van der Waals surface area contributed by atoms with Crippen molar-refractivity contribution in [2.24, 2.45) is 5.10 Å². The molecule has 2 N–H and O–H groups in total. The first-order chi connectivity index (χ1) is 13.7. The van der Waals surface area contributed by atoms with Gasteiger partial charge in [-0.1, -0.05) is 12.1 Å². The number of benzene rings is 2. The summed E-state index contributed by atoms with van der Waals surface area (Å²) in [4.78, 5) is 25.1. The van der Waals surface area contributed by atoms with Crippen LogP contribution >= 0.6 is 0 Å². The van der Waals surface area contributed by atoms with Crippen LogP contribution in [-0.4, -0.2) is 42.0 Å². The van der Waals surface area contributed by atoms with E-state index in [1.807, 2.05) is 0 Å². The quantitative estimate of drug-likeness (QED) is 0.569. The molecule has 8 nitrogen and oxygen atoms in total. The van der Waals surface area contributed by atoms with Crippen LogP contribution in [0.15, 0.2) is 47.6 Å². The molecule has 0 aliphatic carbocycles. The van der Waals surface area contributed by atoms with Gasteiger partial charge in [-0.3, -0.25) is 4.79 Å². The van der Waals surface area contributed by atoms with Crippen LogP contribution in [0.4, 0.5) is 13.6 Å². The number of rotatable bonds is 6. The maximum atomic E-state index is 12.8. The number of hydrazone groups is 1. The van der Waals surface area contributed by atoms with Crippen LogP contribution in [0.1, 0.15) is 18.1 Å². The second kappa shape index (κ2) is 7.74. The largest absolute Gasteiger partial charge is 0.504 e. The Morgan fingerprint density at radius 3 is 2.52 bits per heavy atom. The molecular weight excluding hydrogens is 388 g/mol. The summed E-state index contributed by atoms with van der Waals surface area (Å²) in [7, 11) is 1.39. The number of ether oxygens (including phenoxy) is 2. The molecule has 1 heterocycles. The molecule has 2 aromatic carbocycles. The Hall–Kier alpha value is -3.69. The van der Waals surface area contributed by atoms with Gasteiger partial charge in [-0.15, -0.1) is 5.01 Å². The van der Waals surface area contributed by atoms with E-state index in [0.717, 1.165) is 0 Å². The minimum absolute atomic E-state index is 0.0634. The van der Waals surface area contributed by atoms with Gasteiger partial charge in [0.15, 0.2) is 11.5 Å². The van der Waals surface area contributed by atoms with Crippen molar-refractivity contribution in [2.75, 3.05) is 7.11 Å². The molecule has 1 fully saturated rings. The highest BCUT2D eigenvalue weighted by molar-refractivity contribution is 6.07. The number of methoxy groups -OCH3 is 1. The van der Waals surface area contributed by atoms with Crippen molar-refractivity contribution in [3.63, 3.8) is 0 Å². The van der Waals surface area contributed by atoms with E-state index >= 15 is 0 Å².